The molecule has 2 aliphatic rings. The predicted molar refractivity (Wildman–Crippen MR) is 89.6 cm³/mol. The van der Waals surface area contributed by atoms with Gasteiger partial charge in [-0.1, -0.05) is 24.3 Å². The van der Waals surface area contributed by atoms with Gasteiger partial charge in [0.25, 0.3) is 5.56 Å². The number of aromatic amines is 1. The van der Waals surface area contributed by atoms with Crippen molar-refractivity contribution < 1.29 is 0 Å². The lowest BCUT2D eigenvalue weighted by Crippen LogP contribution is -2.34. The summed E-state index contributed by atoms with van der Waals surface area (Å²) in [6, 6.07) is 5.59. The van der Waals surface area contributed by atoms with E-state index in [4.69, 9.17) is 0 Å². The number of hydrogen-bond donors (Lipinski definition) is 1. The van der Waals surface area contributed by atoms with Crippen LogP contribution < -0.4 is 5.56 Å². The van der Waals surface area contributed by atoms with Crippen LogP contribution >= 0.6 is 0 Å². The van der Waals surface area contributed by atoms with E-state index in [0.717, 1.165) is 43.6 Å². The first kappa shape index (κ1) is 14.2. The Labute approximate surface area is 134 Å². The van der Waals surface area contributed by atoms with E-state index in [1.165, 1.54) is 5.57 Å². The number of hydrogen-bond acceptors (Lipinski definition) is 3. The van der Waals surface area contributed by atoms with Crippen molar-refractivity contribution in [2.75, 3.05) is 13.1 Å². The van der Waals surface area contributed by atoms with Crippen molar-refractivity contribution in [2.24, 2.45) is 0 Å². The molecule has 118 valence electrons. The third kappa shape index (κ3) is 2.80. The first-order chi connectivity index (χ1) is 11.3. The minimum absolute atomic E-state index is 0.0246. The monoisotopic (exact) mass is 308 g/mol. The molecule has 0 atom stereocenters. The van der Waals surface area contributed by atoms with E-state index in [2.05, 4.69) is 33.2 Å². The largest absolute Gasteiger partial charge is 0.294 e. The minimum atomic E-state index is 0.0246. The zero-order chi connectivity index (χ0) is 15.6. The molecule has 5 heteroatoms. The maximum atomic E-state index is 12.7. The van der Waals surface area contributed by atoms with Gasteiger partial charge in [0, 0.05) is 37.9 Å². The van der Waals surface area contributed by atoms with E-state index in [0.29, 0.717) is 12.4 Å². The minimum Gasteiger partial charge on any atom is -0.294 e. The Morgan fingerprint density at radius 3 is 3.00 bits per heavy atom. The molecular weight excluding hydrogens is 288 g/mol. The lowest BCUT2D eigenvalue weighted by Gasteiger charge is -2.26. The molecule has 0 fully saturated rings. The van der Waals surface area contributed by atoms with Gasteiger partial charge in [-0.25, -0.2) is 9.67 Å². The van der Waals surface area contributed by atoms with E-state index >= 15 is 0 Å². The van der Waals surface area contributed by atoms with Gasteiger partial charge in [0.2, 0.25) is 0 Å². The Morgan fingerprint density at radius 2 is 2.22 bits per heavy atom. The zero-order valence-electron chi connectivity index (χ0n) is 13.0. The Kier molecular flexibility index (Phi) is 3.71. The van der Waals surface area contributed by atoms with Crippen molar-refractivity contribution >= 4 is 0 Å². The van der Waals surface area contributed by atoms with E-state index in [1.54, 1.807) is 10.9 Å². The molecule has 0 radical (unpaired) electrons. The van der Waals surface area contributed by atoms with Gasteiger partial charge in [0.1, 0.15) is 0 Å². The standard InChI is InChI=1S/C18H20N4O/c23-18-15-13-21(12-14-6-2-1-3-7-14)11-9-16(15)20-22(18)17-8-4-5-10-19-17/h2,4-8,10,20H,1,3,9,11-13H2. The van der Waals surface area contributed by atoms with Crippen LogP contribution in [-0.2, 0) is 13.0 Å². The van der Waals surface area contributed by atoms with Crippen LogP contribution in [0.5, 0.6) is 0 Å². The van der Waals surface area contributed by atoms with Crippen LogP contribution in [0.4, 0.5) is 0 Å². The van der Waals surface area contributed by atoms with Gasteiger partial charge in [0.05, 0.1) is 5.56 Å². The van der Waals surface area contributed by atoms with Crippen LogP contribution in [0.3, 0.4) is 0 Å². The highest BCUT2D eigenvalue weighted by atomic mass is 16.1. The van der Waals surface area contributed by atoms with Gasteiger partial charge in [0.15, 0.2) is 5.82 Å². The number of nitrogens with zero attached hydrogens (tertiary/aromatic N) is 3. The van der Waals surface area contributed by atoms with Gasteiger partial charge >= 0.3 is 0 Å². The zero-order valence-corrected chi connectivity index (χ0v) is 13.0. The van der Waals surface area contributed by atoms with E-state index in [-0.39, 0.29) is 5.56 Å². The van der Waals surface area contributed by atoms with Crippen LogP contribution in [0.1, 0.15) is 24.1 Å². The molecule has 1 aliphatic carbocycles. The molecule has 23 heavy (non-hydrogen) atoms. The third-order valence-corrected chi connectivity index (χ3v) is 4.49. The highest BCUT2D eigenvalue weighted by molar-refractivity contribution is 5.29. The summed E-state index contributed by atoms with van der Waals surface area (Å²) in [6.45, 7) is 2.60. The summed E-state index contributed by atoms with van der Waals surface area (Å²) in [7, 11) is 0. The number of H-pyrrole nitrogens is 1. The molecule has 0 amide bonds. The fraction of sp³-hybridized carbons (Fsp3) is 0.333. The fourth-order valence-corrected chi connectivity index (χ4v) is 3.29. The van der Waals surface area contributed by atoms with E-state index < -0.39 is 0 Å². The van der Waals surface area contributed by atoms with Crippen molar-refractivity contribution in [2.45, 2.75) is 25.8 Å². The van der Waals surface area contributed by atoms with Crippen molar-refractivity contribution in [3.8, 4) is 5.82 Å². The van der Waals surface area contributed by atoms with Crippen LogP contribution in [0.2, 0.25) is 0 Å². The van der Waals surface area contributed by atoms with Crippen molar-refractivity contribution in [3.05, 3.63) is 69.8 Å². The van der Waals surface area contributed by atoms with Crippen LogP contribution in [0, 0.1) is 0 Å². The highest BCUT2D eigenvalue weighted by Crippen LogP contribution is 2.18. The maximum absolute atomic E-state index is 12.7. The smallest absolute Gasteiger partial charge is 0.277 e. The van der Waals surface area contributed by atoms with Crippen molar-refractivity contribution in [1.29, 1.82) is 0 Å². The number of nitrogens with one attached hydrogen (secondary N) is 1. The highest BCUT2D eigenvalue weighted by Gasteiger charge is 2.23. The molecule has 0 bridgehead atoms. The summed E-state index contributed by atoms with van der Waals surface area (Å²) < 4.78 is 1.56. The summed E-state index contributed by atoms with van der Waals surface area (Å²) >= 11 is 0. The number of rotatable bonds is 3. The second-order valence-corrected chi connectivity index (χ2v) is 6.12. The van der Waals surface area contributed by atoms with Crippen LogP contribution in [0.25, 0.3) is 5.82 Å². The Morgan fingerprint density at radius 1 is 1.26 bits per heavy atom. The molecule has 0 saturated heterocycles. The Bertz CT molecular complexity index is 813. The molecule has 0 spiro atoms. The molecule has 1 N–H and O–H groups in total. The number of pyridine rings is 1. The van der Waals surface area contributed by atoms with Gasteiger partial charge in [-0.15, -0.1) is 0 Å². The second-order valence-electron chi connectivity index (χ2n) is 6.12. The number of aromatic nitrogens is 3. The quantitative estimate of drug-likeness (QED) is 0.946. The van der Waals surface area contributed by atoms with Crippen LogP contribution in [-0.4, -0.2) is 32.8 Å². The summed E-state index contributed by atoms with van der Waals surface area (Å²) in [5, 5.41) is 3.23. The molecule has 0 aromatic carbocycles. The summed E-state index contributed by atoms with van der Waals surface area (Å²) in [5.74, 6) is 0.649. The van der Waals surface area contributed by atoms with Gasteiger partial charge in [-0.2, -0.15) is 0 Å². The molecule has 0 unspecified atom stereocenters. The van der Waals surface area contributed by atoms with Gasteiger partial charge < -0.3 is 0 Å². The topological polar surface area (TPSA) is 53.9 Å². The molecule has 3 heterocycles. The summed E-state index contributed by atoms with van der Waals surface area (Å²) in [5.41, 5.74) is 3.31. The molecule has 4 rings (SSSR count). The molecule has 0 saturated carbocycles. The van der Waals surface area contributed by atoms with Crippen molar-refractivity contribution in [3.63, 3.8) is 0 Å². The normalized spacial score (nSPS) is 17.8. The number of allylic oxidation sites excluding steroid dienone is 2. The molecular formula is C18H20N4O. The first-order valence-electron chi connectivity index (χ1n) is 8.13. The Balaban J connectivity index is 1.58. The number of fused-ring (bicyclic) bond motifs is 1. The average molecular weight is 308 g/mol. The SMILES string of the molecule is O=c1c2c([nH]n1-c1ccccn1)CCN(CC1=CCCC=C1)C2. The molecule has 2 aromatic heterocycles. The lowest BCUT2D eigenvalue weighted by molar-refractivity contribution is 0.275. The Hall–Kier alpha value is -2.40. The third-order valence-electron chi connectivity index (χ3n) is 4.49. The first-order valence-corrected chi connectivity index (χ1v) is 8.13. The lowest BCUT2D eigenvalue weighted by atomic mass is 10.0. The van der Waals surface area contributed by atoms with Crippen LogP contribution in [0.15, 0.2) is 53.0 Å². The summed E-state index contributed by atoms with van der Waals surface area (Å²) in [6.07, 6.45) is 11.6. The van der Waals surface area contributed by atoms with Crippen molar-refractivity contribution in [1.82, 2.24) is 19.7 Å². The average Bonchev–Trinajstić information content (AvgIpc) is 2.93. The predicted octanol–water partition coefficient (Wildman–Crippen LogP) is 2.20. The molecule has 2 aromatic rings. The fourth-order valence-electron chi connectivity index (χ4n) is 3.29. The molecule has 5 nitrogen and oxygen atoms in total. The second kappa shape index (κ2) is 6.01. The maximum Gasteiger partial charge on any atom is 0.277 e. The summed E-state index contributed by atoms with van der Waals surface area (Å²) in [4.78, 5) is 19.3. The van der Waals surface area contributed by atoms with E-state index in [1.807, 2.05) is 18.2 Å². The van der Waals surface area contributed by atoms with Gasteiger partial charge in [-0.3, -0.25) is 14.8 Å². The van der Waals surface area contributed by atoms with Gasteiger partial charge in [-0.05, 0) is 30.5 Å². The molecule has 1 aliphatic heterocycles. The van der Waals surface area contributed by atoms with E-state index in [9.17, 15) is 4.79 Å².